The number of hydrogen-bond donors (Lipinski definition) is 2. The Labute approximate surface area is 145 Å². The lowest BCUT2D eigenvalue weighted by atomic mass is 10.3. The van der Waals surface area contributed by atoms with Crippen LogP contribution < -0.4 is 15.2 Å². The van der Waals surface area contributed by atoms with E-state index in [1.54, 1.807) is 12.1 Å². The zero-order valence-corrected chi connectivity index (χ0v) is 15.5. The van der Waals surface area contributed by atoms with Crippen LogP contribution in [0.2, 0.25) is 0 Å². The van der Waals surface area contributed by atoms with Crippen molar-refractivity contribution in [3.63, 3.8) is 0 Å². The zero-order valence-electron chi connectivity index (χ0n) is 10.9. The third-order valence-corrected chi connectivity index (χ3v) is 5.48. The highest BCUT2D eigenvalue weighted by Gasteiger charge is 2.21. The number of nitrogens with one attached hydrogen (secondary N) is 1. The normalized spacial score (nSPS) is 11.2. The van der Waals surface area contributed by atoms with Crippen LogP contribution in [0.15, 0.2) is 45.8 Å². The van der Waals surface area contributed by atoms with Gasteiger partial charge in [-0.2, -0.15) is 0 Å². The average molecular weight is 483 g/mol. The van der Waals surface area contributed by atoms with Gasteiger partial charge in [0, 0.05) is 19.4 Å². The average Bonchev–Trinajstić information content (AvgIpc) is 2.43. The van der Waals surface area contributed by atoms with Gasteiger partial charge in [-0.15, -0.1) is 0 Å². The first-order valence-electron chi connectivity index (χ1n) is 5.75. The number of nitrogens with two attached hydrogens (primary N) is 1. The van der Waals surface area contributed by atoms with E-state index in [1.807, 2.05) is 12.1 Å². The number of nitrogen functional groups attached to an aromatic ring is 1. The van der Waals surface area contributed by atoms with Crippen molar-refractivity contribution in [2.45, 2.75) is 4.90 Å². The maximum absolute atomic E-state index is 12.5. The van der Waals surface area contributed by atoms with Gasteiger partial charge in [0.25, 0.3) is 10.0 Å². The summed E-state index contributed by atoms with van der Waals surface area (Å²) in [6, 6.07) is 9.88. The molecule has 8 heteroatoms. The van der Waals surface area contributed by atoms with Gasteiger partial charge in [0.1, 0.15) is 10.6 Å². The second kappa shape index (κ2) is 6.41. The van der Waals surface area contributed by atoms with Crippen LogP contribution in [0.5, 0.6) is 5.75 Å². The van der Waals surface area contributed by atoms with E-state index < -0.39 is 10.0 Å². The molecule has 0 saturated carbocycles. The molecule has 0 aliphatic carbocycles. The van der Waals surface area contributed by atoms with Crippen LogP contribution in [0, 0.1) is 3.57 Å². The largest absolute Gasteiger partial charge is 0.495 e. The van der Waals surface area contributed by atoms with Crippen molar-refractivity contribution < 1.29 is 13.2 Å². The van der Waals surface area contributed by atoms with Gasteiger partial charge < -0.3 is 10.5 Å². The Balaban J connectivity index is 2.44. The number of hydrogen-bond acceptors (Lipinski definition) is 4. The Morgan fingerprint density at radius 1 is 1.24 bits per heavy atom. The van der Waals surface area contributed by atoms with E-state index in [2.05, 4.69) is 43.2 Å². The monoisotopic (exact) mass is 482 g/mol. The molecule has 0 bridgehead atoms. The maximum atomic E-state index is 12.5. The molecule has 5 nitrogen and oxygen atoms in total. The fraction of sp³-hybridized carbons (Fsp3) is 0.0769. The molecule has 2 aromatic rings. The van der Waals surface area contributed by atoms with Crippen molar-refractivity contribution in [2.75, 3.05) is 17.6 Å². The number of rotatable bonds is 4. The number of methoxy groups -OCH3 is 1. The first-order valence-corrected chi connectivity index (χ1v) is 9.10. The molecule has 0 saturated heterocycles. The van der Waals surface area contributed by atoms with E-state index in [1.165, 1.54) is 19.2 Å². The van der Waals surface area contributed by atoms with Gasteiger partial charge in [-0.3, -0.25) is 4.72 Å². The van der Waals surface area contributed by atoms with Crippen LogP contribution >= 0.6 is 38.5 Å². The Morgan fingerprint density at radius 3 is 2.43 bits per heavy atom. The van der Waals surface area contributed by atoms with Crippen molar-refractivity contribution in [3.05, 3.63) is 44.4 Å². The third kappa shape index (κ3) is 3.80. The minimum absolute atomic E-state index is 0.00995. The predicted molar refractivity (Wildman–Crippen MR) is 95.1 cm³/mol. The van der Waals surface area contributed by atoms with Gasteiger partial charge in [0.2, 0.25) is 0 Å². The molecule has 0 heterocycles. The van der Waals surface area contributed by atoms with Crippen LogP contribution in [-0.4, -0.2) is 15.5 Å². The topological polar surface area (TPSA) is 81.4 Å². The molecule has 0 aliphatic rings. The molecule has 0 radical (unpaired) electrons. The van der Waals surface area contributed by atoms with Crippen LogP contribution in [0.3, 0.4) is 0 Å². The summed E-state index contributed by atoms with van der Waals surface area (Å²) >= 11 is 5.39. The van der Waals surface area contributed by atoms with Crippen LogP contribution in [0.1, 0.15) is 0 Å². The summed E-state index contributed by atoms with van der Waals surface area (Å²) in [6.07, 6.45) is 0. The number of sulfonamides is 1. The Kier molecular flexibility index (Phi) is 4.99. The Morgan fingerprint density at radius 2 is 1.86 bits per heavy atom. The summed E-state index contributed by atoms with van der Waals surface area (Å²) in [7, 11) is -2.38. The number of anilines is 2. The molecule has 0 aromatic heterocycles. The van der Waals surface area contributed by atoms with Gasteiger partial charge in [0.15, 0.2) is 0 Å². The Hall–Kier alpha value is -1.000. The van der Waals surface area contributed by atoms with Crippen molar-refractivity contribution in [1.82, 2.24) is 0 Å². The van der Waals surface area contributed by atoms with Crippen LogP contribution in [0.25, 0.3) is 0 Å². The molecule has 0 aliphatic heterocycles. The molecule has 21 heavy (non-hydrogen) atoms. The second-order valence-corrected chi connectivity index (χ2v) is 7.89. The number of benzene rings is 2. The first-order chi connectivity index (χ1) is 9.83. The molecular formula is C13H12BrIN2O3S. The van der Waals surface area contributed by atoms with Crippen molar-refractivity contribution >= 4 is 59.9 Å². The standard InChI is InChI=1S/C13H12BrIN2O3S/c1-20-12-6-10(14)11(16)7-13(12)21(18,19)17-9-4-2-8(15)3-5-9/h2-7,17H,16H2,1H3. The lowest BCUT2D eigenvalue weighted by molar-refractivity contribution is 0.402. The minimum atomic E-state index is -3.79. The molecule has 112 valence electrons. The van der Waals surface area contributed by atoms with E-state index in [4.69, 9.17) is 10.5 Å². The smallest absolute Gasteiger partial charge is 0.265 e. The van der Waals surface area contributed by atoms with Crippen LogP contribution in [0.4, 0.5) is 11.4 Å². The number of halogens is 2. The number of ether oxygens (including phenoxy) is 1. The Bertz CT molecular complexity index is 764. The van der Waals surface area contributed by atoms with Gasteiger partial charge in [-0.25, -0.2) is 8.42 Å². The first kappa shape index (κ1) is 16.4. The quantitative estimate of drug-likeness (QED) is 0.516. The van der Waals surface area contributed by atoms with E-state index >= 15 is 0 Å². The lowest BCUT2D eigenvalue weighted by Crippen LogP contribution is -2.14. The van der Waals surface area contributed by atoms with E-state index in [-0.39, 0.29) is 10.6 Å². The summed E-state index contributed by atoms with van der Waals surface area (Å²) in [6.45, 7) is 0. The maximum Gasteiger partial charge on any atom is 0.265 e. The second-order valence-electron chi connectivity index (χ2n) is 4.14. The van der Waals surface area contributed by atoms with Gasteiger partial charge >= 0.3 is 0 Å². The molecule has 2 rings (SSSR count). The lowest BCUT2D eigenvalue weighted by Gasteiger charge is -2.13. The predicted octanol–water partition coefficient (Wildman–Crippen LogP) is 3.45. The van der Waals surface area contributed by atoms with Crippen LogP contribution in [-0.2, 0) is 10.0 Å². The molecule has 0 amide bonds. The molecule has 0 spiro atoms. The highest BCUT2D eigenvalue weighted by Crippen LogP contribution is 2.33. The molecule has 0 unspecified atom stereocenters. The summed E-state index contributed by atoms with van der Waals surface area (Å²) in [5, 5.41) is 0. The highest BCUT2D eigenvalue weighted by atomic mass is 127. The van der Waals surface area contributed by atoms with Gasteiger partial charge in [0.05, 0.1) is 7.11 Å². The third-order valence-electron chi connectivity index (χ3n) is 2.67. The summed E-state index contributed by atoms with van der Waals surface area (Å²) in [5.41, 5.74) is 6.55. The van der Waals surface area contributed by atoms with Crippen molar-refractivity contribution in [3.8, 4) is 5.75 Å². The minimum Gasteiger partial charge on any atom is -0.495 e. The van der Waals surface area contributed by atoms with E-state index in [0.29, 0.717) is 15.8 Å². The van der Waals surface area contributed by atoms with E-state index in [9.17, 15) is 8.42 Å². The SMILES string of the molecule is COc1cc(Br)c(N)cc1S(=O)(=O)Nc1ccc(I)cc1. The molecule has 2 aromatic carbocycles. The summed E-state index contributed by atoms with van der Waals surface area (Å²) < 4.78 is 34.1. The van der Waals surface area contributed by atoms with E-state index in [0.717, 1.165) is 3.57 Å². The fourth-order valence-electron chi connectivity index (χ4n) is 1.65. The highest BCUT2D eigenvalue weighted by molar-refractivity contribution is 14.1. The summed E-state index contributed by atoms with van der Waals surface area (Å²) in [4.78, 5) is -0.00995. The fourth-order valence-corrected chi connectivity index (χ4v) is 3.58. The molecule has 0 atom stereocenters. The zero-order chi connectivity index (χ0) is 15.6. The van der Waals surface area contributed by atoms with Crippen molar-refractivity contribution in [2.24, 2.45) is 0 Å². The molecule has 0 fully saturated rings. The summed E-state index contributed by atoms with van der Waals surface area (Å²) in [5.74, 6) is 0.217. The van der Waals surface area contributed by atoms with Gasteiger partial charge in [-0.1, -0.05) is 0 Å². The van der Waals surface area contributed by atoms with Crippen molar-refractivity contribution in [1.29, 1.82) is 0 Å². The van der Waals surface area contributed by atoms with Gasteiger partial charge in [-0.05, 0) is 74.9 Å². The molecule has 3 N–H and O–H groups in total. The molecular weight excluding hydrogens is 471 g/mol.